The molecule has 0 unspecified atom stereocenters. The van der Waals surface area contributed by atoms with Crippen molar-refractivity contribution in [3.05, 3.63) is 49.6 Å². The average Bonchev–Trinajstić information content (AvgIpc) is 3.11. The van der Waals surface area contributed by atoms with Crippen LogP contribution >= 0.6 is 11.6 Å². The molecule has 1 aliphatic rings. The van der Waals surface area contributed by atoms with Crippen LogP contribution in [0, 0.1) is 0 Å². The minimum absolute atomic E-state index is 0.306. The molecule has 1 saturated carbocycles. The molecule has 8 heteroatoms. The second kappa shape index (κ2) is 7.71. The van der Waals surface area contributed by atoms with E-state index >= 15 is 0 Å². The Morgan fingerprint density at radius 3 is 2.55 bits per heavy atom. The number of halogens is 1. The van der Waals surface area contributed by atoms with Crippen LogP contribution in [-0.4, -0.2) is 18.7 Å². The van der Waals surface area contributed by atoms with Crippen molar-refractivity contribution in [2.45, 2.75) is 51.5 Å². The molecule has 1 fully saturated rings. The molecule has 0 bridgehead atoms. The highest BCUT2D eigenvalue weighted by atomic mass is 35.5. The Labute approximate surface area is 173 Å². The molecule has 0 N–H and O–H groups in total. The van der Waals surface area contributed by atoms with Crippen molar-refractivity contribution < 1.29 is 4.74 Å². The molecule has 154 valence electrons. The number of aromatic nitrogens is 4. The van der Waals surface area contributed by atoms with Gasteiger partial charge in [-0.3, -0.25) is 18.5 Å². The molecule has 0 spiro atoms. The Morgan fingerprint density at radius 1 is 1.14 bits per heavy atom. The summed E-state index contributed by atoms with van der Waals surface area (Å²) in [4.78, 5) is 29.5. The van der Waals surface area contributed by atoms with Gasteiger partial charge >= 0.3 is 11.7 Å². The van der Waals surface area contributed by atoms with Gasteiger partial charge in [0, 0.05) is 25.7 Å². The van der Waals surface area contributed by atoms with E-state index in [2.05, 4.69) is 4.98 Å². The second-order valence-corrected chi connectivity index (χ2v) is 8.07. The highest BCUT2D eigenvalue weighted by Gasteiger charge is 2.23. The smallest absolute Gasteiger partial charge is 0.332 e. The first-order valence-corrected chi connectivity index (χ1v) is 10.4. The van der Waals surface area contributed by atoms with Crippen molar-refractivity contribution in [2.24, 2.45) is 14.1 Å². The molecular formula is C21H25ClN4O3. The summed E-state index contributed by atoms with van der Waals surface area (Å²) in [5.41, 5.74) is 0.970. The third kappa shape index (κ3) is 3.37. The van der Waals surface area contributed by atoms with E-state index in [-0.39, 0.29) is 5.56 Å². The third-order valence-corrected chi connectivity index (χ3v) is 6.08. The number of ether oxygens (including phenoxy) is 1. The minimum atomic E-state index is -0.413. The van der Waals surface area contributed by atoms with E-state index in [1.807, 2.05) is 19.1 Å². The standard InChI is InChI=1S/C21H25ClN4O3/c1-4-26-17-18(24(2)21(28)25(3)19(17)27)23-20(26)29-16-11-10-14(22)12-15(16)13-8-6-5-7-9-13/h10-13H,4-9H2,1-3H3. The number of imidazole rings is 1. The molecule has 0 radical (unpaired) electrons. The lowest BCUT2D eigenvalue weighted by atomic mass is 9.84. The van der Waals surface area contributed by atoms with Crippen molar-refractivity contribution in [2.75, 3.05) is 0 Å². The van der Waals surface area contributed by atoms with E-state index in [4.69, 9.17) is 16.3 Å². The maximum absolute atomic E-state index is 12.7. The zero-order chi connectivity index (χ0) is 20.7. The van der Waals surface area contributed by atoms with Crippen LogP contribution in [0.4, 0.5) is 0 Å². The van der Waals surface area contributed by atoms with E-state index in [1.54, 1.807) is 17.7 Å². The average molecular weight is 417 g/mol. The number of rotatable bonds is 4. The molecule has 7 nitrogen and oxygen atoms in total. The van der Waals surface area contributed by atoms with Gasteiger partial charge in [0.15, 0.2) is 11.2 Å². The lowest BCUT2D eigenvalue weighted by Crippen LogP contribution is -2.37. The van der Waals surface area contributed by atoms with Crippen molar-refractivity contribution in [3.8, 4) is 11.8 Å². The number of aryl methyl sites for hydroxylation is 2. The first-order chi connectivity index (χ1) is 13.9. The van der Waals surface area contributed by atoms with Crippen molar-refractivity contribution in [1.29, 1.82) is 0 Å². The SMILES string of the molecule is CCn1c(Oc2ccc(Cl)cc2C2CCCCC2)nc2c1c(=O)n(C)c(=O)n2C. The van der Waals surface area contributed by atoms with Crippen LogP contribution in [0.15, 0.2) is 27.8 Å². The monoisotopic (exact) mass is 416 g/mol. The van der Waals surface area contributed by atoms with Crippen LogP contribution in [-0.2, 0) is 20.6 Å². The largest absolute Gasteiger partial charge is 0.425 e. The number of hydrogen-bond donors (Lipinski definition) is 0. The number of nitrogens with zero attached hydrogens (tertiary/aromatic N) is 4. The predicted molar refractivity (Wildman–Crippen MR) is 113 cm³/mol. The molecule has 4 rings (SSSR count). The highest BCUT2D eigenvalue weighted by molar-refractivity contribution is 6.30. The normalized spacial score (nSPS) is 15.2. The zero-order valence-electron chi connectivity index (χ0n) is 16.9. The Hall–Kier alpha value is -2.54. The van der Waals surface area contributed by atoms with Gasteiger partial charge in [-0.25, -0.2) is 4.79 Å². The zero-order valence-corrected chi connectivity index (χ0v) is 17.7. The van der Waals surface area contributed by atoms with Crippen molar-refractivity contribution >= 4 is 22.8 Å². The molecule has 2 aromatic heterocycles. The molecule has 0 amide bonds. The van der Waals surface area contributed by atoms with Gasteiger partial charge in [0.05, 0.1) is 0 Å². The summed E-state index contributed by atoms with van der Waals surface area (Å²) < 4.78 is 10.4. The lowest BCUT2D eigenvalue weighted by Gasteiger charge is -2.24. The van der Waals surface area contributed by atoms with Gasteiger partial charge in [-0.1, -0.05) is 30.9 Å². The van der Waals surface area contributed by atoms with Crippen LogP contribution in [0.1, 0.15) is 50.5 Å². The van der Waals surface area contributed by atoms with Gasteiger partial charge in [0.1, 0.15) is 5.75 Å². The first-order valence-electron chi connectivity index (χ1n) is 10.1. The van der Waals surface area contributed by atoms with Crippen LogP contribution in [0.5, 0.6) is 11.8 Å². The van der Waals surface area contributed by atoms with Crippen molar-refractivity contribution in [3.63, 3.8) is 0 Å². The third-order valence-electron chi connectivity index (χ3n) is 5.85. The fourth-order valence-electron chi connectivity index (χ4n) is 4.24. The molecular weight excluding hydrogens is 392 g/mol. The molecule has 0 saturated heterocycles. The van der Waals surface area contributed by atoms with Gasteiger partial charge in [0.25, 0.3) is 5.56 Å². The highest BCUT2D eigenvalue weighted by Crippen LogP contribution is 2.40. The molecule has 2 heterocycles. The summed E-state index contributed by atoms with van der Waals surface area (Å²) in [6.07, 6.45) is 5.87. The van der Waals surface area contributed by atoms with E-state index in [0.717, 1.165) is 23.0 Å². The van der Waals surface area contributed by atoms with Crippen molar-refractivity contribution in [1.82, 2.24) is 18.7 Å². The molecule has 1 aromatic carbocycles. The molecule has 0 aliphatic heterocycles. The fourth-order valence-corrected chi connectivity index (χ4v) is 4.42. The predicted octanol–water partition coefficient (Wildman–Crippen LogP) is 3.95. The van der Waals surface area contributed by atoms with E-state index in [9.17, 15) is 9.59 Å². The molecule has 0 atom stereocenters. The number of hydrogen-bond acceptors (Lipinski definition) is 4. The Kier molecular flexibility index (Phi) is 5.25. The van der Waals surface area contributed by atoms with E-state index in [1.165, 1.54) is 30.9 Å². The maximum atomic E-state index is 12.7. The maximum Gasteiger partial charge on any atom is 0.332 e. The van der Waals surface area contributed by atoms with Gasteiger partial charge < -0.3 is 4.74 Å². The lowest BCUT2D eigenvalue weighted by molar-refractivity contribution is 0.392. The van der Waals surface area contributed by atoms with Crippen LogP contribution in [0.2, 0.25) is 5.02 Å². The van der Waals surface area contributed by atoms with Gasteiger partial charge in [-0.05, 0) is 49.4 Å². The summed E-state index contributed by atoms with van der Waals surface area (Å²) in [6.45, 7) is 2.41. The molecule has 1 aliphatic carbocycles. The Balaban J connectivity index is 1.85. The fraction of sp³-hybridized carbons (Fsp3) is 0.476. The van der Waals surface area contributed by atoms with Crippen LogP contribution in [0.25, 0.3) is 11.2 Å². The minimum Gasteiger partial charge on any atom is -0.425 e. The summed E-state index contributed by atoms with van der Waals surface area (Å²) in [5, 5.41) is 0.679. The quantitative estimate of drug-likeness (QED) is 0.645. The summed E-state index contributed by atoms with van der Waals surface area (Å²) in [7, 11) is 3.08. The van der Waals surface area contributed by atoms with E-state index < -0.39 is 5.69 Å². The summed E-state index contributed by atoms with van der Waals surface area (Å²) in [5.74, 6) is 1.10. The second-order valence-electron chi connectivity index (χ2n) is 7.64. The van der Waals surface area contributed by atoms with Gasteiger partial charge in [0.2, 0.25) is 0 Å². The molecule has 29 heavy (non-hydrogen) atoms. The Morgan fingerprint density at radius 2 is 1.86 bits per heavy atom. The van der Waals surface area contributed by atoms with Crippen LogP contribution in [0.3, 0.4) is 0 Å². The van der Waals surface area contributed by atoms with E-state index in [0.29, 0.717) is 40.4 Å². The molecule has 3 aromatic rings. The topological polar surface area (TPSA) is 71.1 Å². The summed E-state index contributed by atoms with van der Waals surface area (Å²) in [6, 6.07) is 5.94. The first kappa shape index (κ1) is 19.8. The summed E-state index contributed by atoms with van der Waals surface area (Å²) >= 11 is 6.28. The van der Waals surface area contributed by atoms with Crippen LogP contribution < -0.4 is 16.0 Å². The number of benzene rings is 1. The Bertz CT molecular complexity index is 1190. The van der Waals surface area contributed by atoms with Gasteiger partial charge in [-0.15, -0.1) is 0 Å². The van der Waals surface area contributed by atoms with Gasteiger partial charge in [-0.2, -0.15) is 4.98 Å². The number of fused-ring (bicyclic) bond motifs is 1.